The first-order valence-corrected chi connectivity index (χ1v) is 18.0. The molecule has 6 rings (SSSR count). The third kappa shape index (κ3) is 6.42. The second-order valence-corrected chi connectivity index (χ2v) is 15.3. The number of benzene rings is 3. The summed E-state index contributed by atoms with van der Waals surface area (Å²) in [6.07, 6.45) is 12.6. The lowest BCUT2D eigenvalue weighted by molar-refractivity contribution is 0.0984. The predicted octanol–water partition coefficient (Wildman–Crippen LogP) is 6.72. The second-order valence-electron chi connectivity index (χ2n) is 12.2. The molecule has 9 heteroatoms. The number of sulfone groups is 1. The minimum atomic E-state index is -2.95. The molecule has 0 bridgehead atoms. The molecule has 3 atom stereocenters. The number of rotatable bonds is 8. The SMILES string of the molecule is C#Cc1ccc(OC2CCN(CCCS(C)(=O)=O)CC2)c([C@@H]2NCC[C@@H](c3cccc(Cl)c3)[C@]23C=Nc2cc(Cl)ccc23)c1. The molecule has 0 aliphatic carbocycles. The molecular weight excluding hydrogens is 613 g/mol. The number of ether oxygens (including phenoxy) is 1. The van der Waals surface area contributed by atoms with E-state index in [0.29, 0.717) is 16.5 Å². The van der Waals surface area contributed by atoms with E-state index in [0.717, 1.165) is 79.1 Å². The van der Waals surface area contributed by atoms with Crippen LogP contribution in [0.25, 0.3) is 0 Å². The molecule has 0 unspecified atom stereocenters. The van der Waals surface area contributed by atoms with Gasteiger partial charge in [-0.2, -0.15) is 0 Å². The van der Waals surface area contributed by atoms with Gasteiger partial charge in [0.25, 0.3) is 0 Å². The van der Waals surface area contributed by atoms with Gasteiger partial charge in [0.15, 0.2) is 0 Å². The Hall–Kier alpha value is -2.86. The van der Waals surface area contributed by atoms with Crippen molar-refractivity contribution in [3.05, 3.63) is 93.0 Å². The molecule has 44 heavy (non-hydrogen) atoms. The van der Waals surface area contributed by atoms with Crippen molar-refractivity contribution >= 4 is 44.9 Å². The first kappa shape index (κ1) is 31.1. The quantitative estimate of drug-likeness (QED) is 0.274. The monoisotopic (exact) mass is 649 g/mol. The molecule has 230 valence electrons. The van der Waals surface area contributed by atoms with Crippen LogP contribution < -0.4 is 10.1 Å². The number of fused-ring (bicyclic) bond motifs is 2. The number of terminal acetylenes is 1. The van der Waals surface area contributed by atoms with Gasteiger partial charge in [0.05, 0.1) is 22.9 Å². The zero-order valence-electron chi connectivity index (χ0n) is 24.8. The van der Waals surface area contributed by atoms with Gasteiger partial charge in [-0.3, -0.25) is 4.99 Å². The number of nitrogens with zero attached hydrogens (tertiary/aromatic N) is 2. The highest BCUT2D eigenvalue weighted by atomic mass is 35.5. The Morgan fingerprint density at radius 1 is 1.07 bits per heavy atom. The van der Waals surface area contributed by atoms with Crippen LogP contribution in [0.3, 0.4) is 0 Å². The molecule has 6 nitrogen and oxygen atoms in total. The Kier molecular flexibility index (Phi) is 9.10. The molecule has 3 aliphatic rings. The number of hydrogen-bond acceptors (Lipinski definition) is 6. The molecule has 3 aromatic carbocycles. The minimum absolute atomic E-state index is 0.0446. The average Bonchev–Trinajstić information content (AvgIpc) is 3.36. The standard InChI is InChI=1S/C35H37Cl2N3O3S/c1-3-24-8-11-33(43-28-13-17-40(18-14-28)16-5-19-44(2,41)42)29(20-24)34-35(23-39-32-22-27(37)9-10-31(32)35)30(12-15-38-34)25-6-4-7-26(36)21-25/h1,4,6-11,20-23,28,30,34,38H,5,12-19H2,2H3/t30-,34-,35-/m0/s1. The van der Waals surface area contributed by atoms with Crippen molar-refractivity contribution in [2.24, 2.45) is 4.99 Å². The Morgan fingerprint density at radius 3 is 2.61 bits per heavy atom. The van der Waals surface area contributed by atoms with Gasteiger partial charge in [-0.25, -0.2) is 8.42 Å². The molecule has 2 fully saturated rings. The summed E-state index contributed by atoms with van der Waals surface area (Å²) >= 11 is 13.0. The molecule has 2 saturated heterocycles. The maximum Gasteiger partial charge on any atom is 0.147 e. The predicted molar refractivity (Wildman–Crippen MR) is 180 cm³/mol. The number of nitrogens with one attached hydrogen (secondary N) is 1. The summed E-state index contributed by atoms with van der Waals surface area (Å²) in [5.41, 5.74) is 4.42. The van der Waals surface area contributed by atoms with Crippen molar-refractivity contribution in [3.63, 3.8) is 0 Å². The van der Waals surface area contributed by atoms with E-state index < -0.39 is 15.3 Å². The van der Waals surface area contributed by atoms with Gasteiger partial charge in [-0.05, 0) is 92.4 Å². The van der Waals surface area contributed by atoms with Crippen LogP contribution in [-0.4, -0.2) is 63.8 Å². The van der Waals surface area contributed by atoms with Crippen LogP contribution in [0.2, 0.25) is 10.0 Å². The molecular formula is C35H37Cl2N3O3S. The Labute approximate surface area is 270 Å². The van der Waals surface area contributed by atoms with Gasteiger partial charge in [-0.1, -0.05) is 47.3 Å². The number of piperidine rings is 2. The highest BCUT2D eigenvalue weighted by Gasteiger charge is 2.53. The summed E-state index contributed by atoms with van der Waals surface area (Å²) in [5, 5.41) is 5.21. The van der Waals surface area contributed by atoms with Gasteiger partial charge < -0.3 is 15.0 Å². The van der Waals surface area contributed by atoms with E-state index in [2.05, 4.69) is 46.6 Å². The van der Waals surface area contributed by atoms with E-state index in [1.54, 1.807) is 0 Å². The van der Waals surface area contributed by atoms with Crippen molar-refractivity contribution in [1.82, 2.24) is 10.2 Å². The fourth-order valence-corrected chi connectivity index (χ4v) is 8.22. The Morgan fingerprint density at radius 2 is 1.86 bits per heavy atom. The Bertz CT molecular complexity index is 1710. The van der Waals surface area contributed by atoms with Gasteiger partial charge in [0, 0.05) is 52.6 Å². The molecule has 0 amide bonds. The number of likely N-dealkylation sites (tertiary alicyclic amines) is 1. The van der Waals surface area contributed by atoms with Crippen molar-refractivity contribution in [2.75, 3.05) is 38.2 Å². The van der Waals surface area contributed by atoms with Crippen LogP contribution in [-0.2, 0) is 15.3 Å². The van der Waals surface area contributed by atoms with Crippen LogP contribution in [0.5, 0.6) is 5.75 Å². The summed E-state index contributed by atoms with van der Waals surface area (Å²) in [5.74, 6) is 3.96. The molecule has 3 heterocycles. The van der Waals surface area contributed by atoms with E-state index in [1.807, 2.05) is 36.4 Å². The summed E-state index contributed by atoms with van der Waals surface area (Å²) in [4.78, 5) is 7.27. The maximum absolute atomic E-state index is 11.6. The van der Waals surface area contributed by atoms with E-state index >= 15 is 0 Å². The van der Waals surface area contributed by atoms with Crippen molar-refractivity contribution in [1.29, 1.82) is 0 Å². The van der Waals surface area contributed by atoms with Gasteiger partial charge >= 0.3 is 0 Å². The topological polar surface area (TPSA) is 71.0 Å². The van der Waals surface area contributed by atoms with Crippen LogP contribution in [0.1, 0.15) is 59.9 Å². The van der Waals surface area contributed by atoms with E-state index in [-0.39, 0.29) is 23.8 Å². The molecule has 3 aromatic rings. The van der Waals surface area contributed by atoms with Gasteiger partial charge in [-0.15, -0.1) is 6.42 Å². The smallest absolute Gasteiger partial charge is 0.147 e. The first-order chi connectivity index (χ1) is 21.2. The number of aliphatic imine (C=N–C) groups is 1. The molecule has 1 spiro atoms. The third-order valence-corrected chi connectivity index (χ3v) is 10.7. The highest BCUT2D eigenvalue weighted by Crippen LogP contribution is 2.57. The molecule has 3 aliphatic heterocycles. The fraction of sp³-hybridized carbons (Fsp3) is 0.400. The van der Waals surface area contributed by atoms with Crippen molar-refractivity contribution in [3.8, 4) is 18.1 Å². The highest BCUT2D eigenvalue weighted by molar-refractivity contribution is 7.90. The lowest BCUT2D eigenvalue weighted by Crippen LogP contribution is -2.51. The molecule has 0 radical (unpaired) electrons. The summed E-state index contributed by atoms with van der Waals surface area (Å²) in [6, 6.07) is 20.0. The zero-order valence-corrected chi connectivity index (χ0v) is 27.1. The second kappa shape index (κ2) is 12.9. The van der Waals surface area contributed by atoms with E-state index in [9.17, 15) is 8.42 Å². The van der Waals surface area contributed by atoms with Gasteiger partial charge in [0.2, 0.25) is 0 Å². The van der Waals surface area contributed by atoms with Crippen molar-refractivity contribution < 1.29 is 13.2 Å². The van der Waals surface area contributed by atoms with Crippen LogP contribution in [0, 0.1) is 12.3 Å². The van der Waals surface area contributed by atoms with Gasteiger partial charge in [0.1, 0.15) is 21.7 Å². The van der Waals surface area contributed by atoms with Crippen LogP contribution >= 0.6 is 23.2 Å². The summed E-state index contributed by atoms with van der Waals surface area (Å²) in [6.45, 7) is 3.32. The van der Waals surface area contributed by atoms with E-state index in [4.69, 9.17) is 39.4 Å². The lowest BCUT2D eigenvalue weighted by atomic mass is 9.60. The zero-order chi connectivity index (χ0) is 30.9. The van der Waals surface area contributed by atoms with E-state index in [1.165, 1.54) is 6.26 Å². The first-order valence-electron chi connectivity index (χ1n) is 15.2. The van der Waals surface area contributed by atoms with Crippen LogP contribution in [0.15, 0.2) is 65.7 Å². The fourth-order valence-electron chi connectivity index (χ4n) is 7.20. The maximum atomic E-state index is 11.6. The number of halogens is 2. The number of hydrogen-bond donors (Lipinski definition) is 1. The third-order valence-electron chi connectivity index (χ3n) is 9.24. The normalized spacial score (nSPS) is 23.9. The largest absolute Gasteiger partial charge is 0.490 e. The van der Waals surface area contributed by atoms with Crippen molar-refractivity contribution in [2.45, 2.75) is 49.2 Å². The lowest BCUT2D eigenvalue weighted by Gasteiger charge is -2.48. The Balaban J connectivity index is 1.34. The molecule has 0 saturated carbocycles. The molecule has 1 N–H and O–H groups in total. The minimum Gasteiger partial charge on any atom is -0.490 e. The summed E-state index contributed by atoms with van der Waals surface area (Å²) < 4.78 is 29.9. The van der Waals surface area contributed by atoms with Crippen LogP contribution in [0.4, 0.5) is 5.69 Å². The molecule has 0 aromatic heterocycles. The average molecular weight is 651 g/mol. The summed E-state index contributed by atoms with van der Waals surface area (Å²) in [7, 11) is -2.95.